The molecule has 1 unspecified atom stereocenters. The van der Waals surface area contributed by atoms with Crippen LogP contribution in [-0.2, 0) is 7.05 Å². The van der Waals surface area contributed by atoms with Gasteiger partial charge in [0.05, 0.1) is 11.7 Å². The third-order valence-electron chi connectivity index (χ3n) is 1.52. The second-order valence-corrected chi connectivity index (χ2v) is 3.15. The zero-order valence-corrected chi connectivity index (χ0v) is 8.24. The van der Waals surface area contributed by atoms with Crippen molar-refractivity contribution in [2.75, 3.05) is 0 Å². The van der Waals surface area contributed by atoms with Crippen LogP contribution in [0.4, 0.5) is 0 Å². The molecule has 0 saturated heterocycles. The zero-order valence-electron chi connectivity index (χ0n) is 6.66. The van der Waals surface area contributed by atoms with Gasteiger partial charge in [-0.2, -0.15) is 0 Å². The van der Waals surface area contributed by atoms with Crippen molar-refractivity contribution in [3.63, 3.8) is 0 Å². The van der Waals surface area contributed by atoms with E-state index >= 15 is 0 Å². The van der Waals surface area contributed by atoms with E-state index in [1.807, 2.05) is 0 Å². The maximum atomic E-state index is 5.78. The summed E-state index contributed by atoms with van der Waals surface area (Å²) in [6.07, 6.45) is 5.63. The molecule has 0 fully saturated rings. The van der Waals surface area contributed by atoms with Gasteiger partial charge in [-0.15, -0.1) is 17.4 Å². The van der Waals surface area contributed by atoms with Crippen LogP contribution in [0.2, 0.25) is 0 Å². The number of rotatable bonds is 2. The summed E-state index contributed by atoms with van der Waals surface area (Å²) in [5.41, 5.74) is 6.61. The lowest BCUT2D eigenvalue weighted by Crippen LogP contribution is -2.14. The summed E-state index contributed by atoms with van der Waals surface area (Å²) in [6.45, 7) is 0. The molecule has 0 aliphatic rings. The molecule has 1 aromatic heterocycles. The van der Waals surface area contributed by atoms with Gasteiger partial charge in [0.1, 0.15) is 0 Å². The molecule has 64 valence electrons. The van der Waals surface area contributed by atoms with Crippen LogP contribution in [0.5, 0.6) is 0 Å². The average molecular weight is 229 g/mol. The number of aryl methyl sites for hydroxylation is 1. The minimum absolute atomic E-state index is 0.204. The van der Waals surface area contributed by atoms with E-state index in [0.717, 1.165) is 5.69 Å². The molecule has 1 rings (SSSR count). The molecule has 12 heavy (non-hydrogen) atoms. The molecule has 1 aromatic rings. The Morgan fingerprint density at radius 3 is 2.92 bits per heavy atom. The summed E-state index contributed by atoms with van der Waals surface area (Å²) in [5.74, 6) is 2.50. The molecule has 0 aliphatic carbocycles. The summed E-state index contributed by atoms with van der Waals surface area (Å²) in [6, 6.07) is -0.204. The molecular formula is C7H9BrN4. The highest BCUT2D eigenvalue weighted by atomic mass is 79.9. The predicted molar refractivity (Wildman–Crippen MR) is 49.1 cm³/mol. The van der Waals surface area contributed by atoms with Crippen molar-refractivity contribution in [1.29, 1.82) is 0 Å². The molecule has 0 amide bonds. The van der Waals surface area contributed by atoms with Gasteiger partial charge < -0.3 is 5.73 Å². The largest absolute Gasteiger partial charge is 0.322 e. The quantitative estimate of drug-likeness (QED) is 0.755. The van der Waals surface area contributed by atoms with Crippen molar-refractivity contribution < 1.29 is 0 Å². The highest BCUT2D eigenvalue weighted by Gasteiger charge is 2.14. The van der Waals surface area contributed by atoms with Crippen LogP contribution < -0.4 is 5.73 Å². The van der Waals surface area contributed by atoms with E-state index in [1.165, 1.54) is 0 Å². The summed E-state index contributed by atoms with van der Waals surface area (Å²) in [5, 5.41) is 7.59. The molecule has 0 spiro atoms. The van der Waals surface area contributed by atoms with Crippen molar-refractivity contribution in [2.45, 2.75) is 12.5 Å². The SMILES string of the molecule is C#CCC(N)c1c(Br)nnn1C. The van der Waals surface area contributed by atoms with Gasteiger partial charge in [-0.1, -0.05) is 5.21 Å². The van der Waals surface area contributed by atoms with Crippen LogP contribution in [-0.4, -0.2) is 15.0 Å². The van der Waals surface area contributed by atoms with Crippen molar-refractivity contribution >= 4 is 15.9 Å². The van der Waals surface area contributed by atoms with Gasteiger partial charge in [-0.25, -0.2) is 4.68 Å². The monoisotopic (exact) mass is 228 g/mol. The second-order valence-electron chi connectivity index (χ2n) is 2.40. The van der Waals surface area contributed by atoms with E-state index in [0.29, 0.717) is 11.0 Å². The Bertz CT molecular complexity index is 292. The Morgan fingerprint density at radius 2 is 2.50 bits per heavy atom. The Labute approximate surface area is 79.3 Å². The highest BCUT2D eigenvalue weighted by molar-refractivity contribution is 9.10. The van der Waals surface area contributed by atoms with Crippen LogP contribution in [0.3, 0.4) is 0 Å². The second kappa shape index (κ2) is 3.70. The first-order valence-electron chi connectivity index (χ1n) is 3.41. The minimum Gasteiger partial charge on any atom is -0.322 e. The summed E-state index contributed by atoms with van der Waals surface area (Å²) in [4.78, 5) is 0. The first kappa shape index (κ1) is 9.23. The third-order valence-corrected chi connectivity index (χ3v) is 2.08. The van der Waals surface area contributed by atoms with Crippen molar-refractivity contribution in [2.24, 2.45) is 12.8 Å². The van der Waals surface area contributed by atoms with E-state index in [-0.39, 0.29) is 6.04 Å². The maximum Gasteiger partial charge on any atom is 0.153 e. The molecule has 1 heterocycles. The molecule has 1 atom stereocenters. The molecule has 0 bridgehead atoms. The van der Waals surface area contributed by atoms with E-state index in [4.69, 9.17) is 12.2 Å². The summed E-state index contributed by atoms with van der Waals surface area (Å²) in [7, 11) is 1.78. The first-order valence-corrected chi connectivity index (χ1v) is 4.20. The first-order chi connectivity index (χ1) is 5.66. The number of aromatic nitrogens is 3. The number of hydrogen-bond acceptors (Lipinski definition) is 3. The van der Waals surface area contributed by atoms with Gasteiger partial charge in [0.2, 0.25) is 0 Å². The molecule has 0 radical (unpaired) electrons. The fraction of sp³-hybridized carbons (Fsp3) is 0.429. The van der Waals surface area contributed by atoms with Gasteiger partial charge in [-0.3, -0.25) is 0 Å². The van der Waals surface area contributed by atoms with Crippen LogP contribution >= 0.6 is 15.9 Å². The fourth-order valence-corrected chi connectivity index (χ4v) is 1.58. The lowest BCUT2D eigenvalue weighted by atomic mass is 10.2. The number of terminal acetylenes is 1. The molecule has 0 saturated carbocycles. The van der Waals surface area contributed by atoms with Gasteiger partial charge in [-0.05, 0) is 15.9 Å². The van der Waals surface area contributed by atoms with E-state index in [1.54, 1.807) is 11.7 Å². The van der Waals surface area contributed by atoms with Crippen molar-refractivity contribution in [1.82, 2.24) is 15.0 Å². The minimum atomic E-state index is -0.204. The molecule has 5 heteroatoms. The molecule has 0 aliphatic heterocycles. The summed E-state index contributed by atoms with van der Waals surface area (Å²) >= 11 is 3.24. The zero-order chi connectivity index (χ0) is 9.14. The Morgan fingerprint density at radius 1 is 1.83 bits per heavy atom. The van der Waals surface area contributed by atoms with Crippen LogP contribution in [0.15, 0.2) is 4.60 Å². The third kappa shape index (κ3) is 1.65. The number of nitrogens with two attached hydrogens (primary N) is 1. The van der Waals surface area contributed by atoms with Gasteiger partial charge in [0.15, 0.2) is 4.60 Å². The fourth-order valence-electron chi connectivity index (χ4n) is 0.956. The maximum absolute atomic E-state index is 5.78. The lowest BCUT2D eigenvalue weighted by molar-refractivity contribution is 0.617. The van der Waals surface area contributed by atoms with Crippen LogP contribution in [0, 0.1) is 12.3 Å². The smallest absolute Gasteiger partial charge is 0.153 e. The van der Waals surface area contributed by atoms with Gasteiger partial charge in [0.25, 0.3) is 0 Å². The molecular weight excluding hydrogens is 220 g/mol. The number of halogens is 1. The average Bonchev–Trinajstić information content (AvgIpc) is 2.32. The van der Waals surface area contributed by atoms with E-state index in [2.05, 4.69) is 32.2 Å². The van der Waals surface area contributed by atoms with E-state index in [9.17, 15) is 0 Å². The number of hydrogen-bond donors (Lipinski definition) is 1. The van der Waals surface area contributed by atoms with Crippen LogP contribution in [0.25, 0.3) is 0 Å². The normalized spacial score (nSPS) is 12.5. The number of nitrogens with zero attached hydrogens (tertiary/aromatic N) is 3. The van der Waals surface area contributed by atoms with Gasteiger partial charge >= 0.3 is 0 Å². The Hall–Kier alpha value is -0.860. The summed E-state index contributed by atoms with van der Waals surface area (Å²) < 4.78 is 2.28. The highest BCUT2D eigenvalue weighted by Crippen LogP contribution is 2.20. The van der Waals surface area contributed by atoms with Crippen LogP contribution in [0.1, 0.15) is 18.2 Å². The molecule has 2 N–H and O–H groups in total. The Balaban J connectivity index is 2.94. The topological polar surface area (TPSA) is 56.7 Å². The van der Waals surface area contributed by atoms with Crippen molar-refractivity contribution in [3.05, 3.63) is 10.3 Å². The van der Waals surface area contributed by atoms with Gasteiger partial charge in [0, 0.05) is 13.5 Å². The van der Waals surface area contributed by atoms with Crippen molar-refractivity contribution in [3.8, 4) is 12.3 Å². The van der Waals surface area contributed by atoms with E-state index < -0.39 is 0 Å². The molecule has 4 nitrogen and oxygen atoms in total. The molecule has 0 aromatic carbocycles. The standard InChI is InChI=1S/C7H9BrN4/c1-3-4-5(9)6-7(8)10-11-12(6)2/h1,5H,4,9H2,2H3. The lowest BCUT2D eigenvalue weighted by Gasteiger charge is -2.07. The predicted octanol–water partition coefficient (Wildman–Crippen LogP) is 0.601. The Kier molecular flexibility index (Phi) is 2.84.